The second-order valence-corrected chi connectivity index (χ2v) is 7.02. The molecule has 1 aromatic carbocycles. The smallest absolute Gasteiger partial charge is 0.334 e. The van der Waals surface area contributed by atoms with E-state index in [1.54, 1.807) is 0 Å². The number of hydrogen-bond donors (Lipinski definition) is 1. The summed E-state index contributed by atoms with van der Waals surface area (Å²) in [4.78, 5) is 4.15. The average molecular weight is 398 g/mol. The molecular formula is C17H15ClF3N5O. The number of rotatable bonds is 3. The SMILES string of the molecule is NC1(c2noc(-c3cnn(-c4ccc(Cl)cc4)c3C(F)(F)F)n2)CCCC1. The Morgan fingerprint density at radius 3 is 2.44 bits per heavy atom. The molecule has 1 aliphatic rings. The van der Waals surface area contributed by atoms with Crippen LogP contribution in [0.2, 0.25) is 5.02 Å². The van der Waals surface area contributed by atoms with Crippen molar-refractivity contribution in [3.63, 3.8) is 0 Å². The Morgan fingerprint density at radius 1 is 1.15 bits per heavy atom. The molecule has 0 aliphatic heterocycles. The highest BCUT2D eigenvalue weighted by Gasteiger charge is 2.42. The van der Waals surface area contributed by atoms with Gasteiger partial charge in [-0.2, -0.15) is 23.3 Å². The molecule has 2 N–H and O–H groups in total. The maximum atomic E-state index is 13.8. The van der Waals surface area contributed by atoms with E-state index in [0.29, 0.717) is 17.9 Å². The van der Waals surface area contributed by atoms with Crippen LogP contribution in [0.25, 0.3) is 17.1 Å². The lowest BCUT2D eigenvalue weighted by Gasteiger charge is -2.17. The van der Waals surface area contributed by atoms with E-state index >= 15 is 0 Å². The fourth-order valence-corrected chi connectivity index (χ4v) is 3.45. The number of aromatic nitrogens is 4. The molecular weight excluding hydrogens is 383 g/mol. The van der Waals surface area contributed by atoms with Crippen LogP contribution in [0, 0.1) is 0 Å². The number of halogens is 4. The summed E-state index contributed by atoms with van der Waals surface area (Å²) in [5.74, 6) is -0.0309. The second kappa shape index (κ2) is 6.35. The van der Waals surface area contributed by atoms with Gasteiger partial charge >= 0.3 is 6.18 Å². The summed E-state index contributed by atoms with van der Waals surface area (Å²) in [5.41, 5.74) is 4.42. The average Bonchev–Trinajstić information content (AvgIpc) is 3.33. The topological polar surface area (TPSA) is 82.8 Å². The summed E-state index contributed by atoms with van der Waals surface area (Å²) in [5, 5.41) is 8.12. The lowest BCUT2D eigenvalue weighted by atomic mass is 9.99. The van der Waals surface area contributed by atoms with Gasteiger partial charge in [-0.25, -0.2) is 4.68 Å². The highest BCUT2D eigenvalue weighted by molar-refractivity contribution is 6.30. The molecule has 27 heavy (non-hydrogen) atoms. The van der Waals surface area contributed by atoms with Crippen molar-refractivity contribution in [3.8, 4) is 17.1 Å². The van der Waals surface area contributed by atoms with E-state index in [-0.39, 0.29) is 23.0 Å². The van der Waals surface area contributed by atoms with Crippen molar-refractivity contribution in [2.75, 3.05) is 0 Å². The van der Waals surface area contributed by atoms with Crippen molar-refractivity contribution in [1.29, 1.82) is 0 Å². The first-order valence-electron chi connectivity index (χ1n) is 8.32. The summed E-state index contributed by atoms with van der Waals surface area (Å²) < 4.78 is 47.2. The number of hydrogen-bond acceptors (Lipinski definition) is 5. The van der Waals surface area contributed by atoms with Gasteiger partial charge in [-0.15, -0.1) is 0 Å². The predicted molar refractivity (Wildman–Crippen MR) is 91.2 cm³/mol. The van der Waals surface area contributed by atoms with Crippen molar-refractivity contribution >= 4 is 11.6 Å². The third-order valence-electron chi connectivity index (χ3n) is 4.71. The van der Waals surface area contributed by atoms with Crippen LogP contribution in [0.5, 0.6) is 0 Å². The van der Waals surface area contributed by atoms with Crippen LogP contribution in [0.3, 0.4) is 0 Å². The van der Waals surface area contributed by atoms with E-state index in [1.807, 2.05) is 0 Å². The zero-order valence-corrected chi connectivity index (χ0v) is 14.8. The molecule has 1 fully saturated rings. The standard InChI is InChI=1S/C17H15ClF3N5O/c18-10-3-5-11(6-4-10)26-13(17(19,20)21)12(9-23-26)14-24-15(25-27-14)16(22)7-1-2-8-16/h3-6,9H,1-2,7-8,22H2. The first-order chi connectivity index (χ1) is 12.8. The van der Waals surface area contributed by atoms with Gasteiger partial charge in [0.05, 0.1) is 23.0 Å². The summed E-state index contributed by atoms with van der Waals surface area (Å²) in [7, 11) is 0. The molecule has 0 saturated heterocycles. The minimum absolute atomic E-state index is 0.212. The van der Waals surface area contributed by atoms with Crippen LogP contribution in [-0.2, 0) is 11.7 Å². The van der Waals surface area contributed by atoms with E-state index in [2.05, 4.69) is 15.2 Å². The van der Waals surface area contributed by atoms with E-state index < -0.39 is 17.4 Å². The van der Waals surface area contributed by atoms with Gasteiger partial charge in [0, 0.05) is 5.02 Å². The number of alkyl halides is 3. The predicted octanol–water partition coefficient (Wildman–Crippen LogP) is 4.32. The zero-order valence-electron chi connectivity index (χ0n) is 14.0. The minimum atomic E-state index is -4.69. The number of nitrogens with zero attached hydrogens (tertiary/aromatic N) is 4. The molecule has 1 saturated carbocycles. The van der Waals surface area contributed by atoms with Crippen molar-refractivity contribution in [1.82, 2.24) is 19.9 Å². The van der Waals surface area contributed by atoms with Crippen LogP contribution in [0.4, 0.5) is 13.2 Å². The Hall–Kier alpha value is -2.39. The van der Waals surface area contributed by atoms with Crippen molar-refractivity contribution in [3.05, 3.63) is 47.0 Å². The van der Waals surface area contributed by atoms with Crippen LogP contribution in [0.15, 0.2) is 35.0 Å². The van der Waals surface area contributed by atoms with Crippen molar-refractivity contribution < 1.29 is 17.7 Å². The zero-order chi connectivity index (χ0) is 19.2. The van der Waals surface area contributed by atoms with E-state index in [0.717, 1.165) is 23.7 Å². The Morgan fingerprint density at radius 2 is 1.81 bits per heavy atom. The van der Waals surface area contributed by atoms with Crippen molar-refractivity contribution in [2.24, 2.45) is 5.73 Å². The number of nitrogens with two attached hydrogens (primary N) is 1. The summed E-state index contributed by atoms with van der Waals surface area (Å²) in [6.45, 7) is 0. The van der Waals surface area contributed by atoms with E-state index in [1.165, 1.54) is 24.3 Å². The van der Waals surface area contributed by atoms with Gasteiger partial charge in [0.1, 0.15) is 0 Å². The molecule has 142 valence electrons. The molecule has 0 unspecified atom stereocenters. The molecule has 0 bridgehead atoms. The highest BCUT2D eigenvalue weighted by Crippen LogP contribution is 2.40. The van der Waals surface area contributed by atoms with Crippen LogP contribution in [0.1, 0.15) is 37.2 Å². The van der Waals surface area contributed by atoms with Crippen molar-refractivity contribution in [2.45, 2.75) is 37.4 Å². The van der Waals surface area contributed by atoms with Gasteiger partial charge < -0.3 is 10.3 Å². The van der Waals surface area contributed by atoms with E-state index in [4.69, 9.17) is 21.9 Å². The molecule has 3 aromatic rings. The monoisotopic (exact) mass is 397 g/mol. The van der Waals surface area contributed by atoms with Gasteiger partial charge in [0.15, 0.2) is 11.5 Å². The van der Waals surface area contributed by atoms with Gasteiger partial charge in [0.25, 0.3) is 5.89 Å². The maximum absolute atomic E-state index is 13.8. The minimum Gasteiger partial charge on any atom is -0.334 e. The van der Waals surface area contributed by atoms with Gasteiger partial charge in [-0.1, -0.05) is 29.6 Å². The molecule has 0 radical (unpaired) electrons. The largest absolute Gasteiger partial charge is 0.434 e. The van der Waals surface area contributed by atoms with Crippen LogP contribution < -0.4 is 5.73 Å². The molecule has 4 rings (SSSR count). The maximum Gasteiger partial charge on any atom is 0.434 e. The third-order valence-corrected chi connectivity index (χ3v) is 4.96. The summed E-state index contributed by atoms with van der Waals surface area (Å²) in [6.07, 6.45) is -0.448. The Kier molecular flexibility index (Phi) is 4.23. The Balaban J connectivity index is 1.80. The Labute approximate surface area is 157 Å². The lowest BCUT2D eigenvalue weighted by molar-refractivity contribution is -0.142. The summed E-state index contributed by atoms with van der Waals surface area (Å²) >= 11 is 5.81. The molecule has 0 amide bonds. The molecule has 1 aliphatic carbocycles. The van der Waals surface area contributed by atoms with Gasteiger partial charge in [-0.3, -0.25) is 0 Å². The second-order valence-electron chi connectivity index (χ2n) is 6.58. The molecule has 0 spiro atoms. The third kappa shape index (κ3) is 3.21. The fraction of sp³-hybridized carbons (Fsp3) is 0.353. The first-order valence-corrected chi connectivity index (χ1v) is 8.70. The van der Waals surface area contributed by atoms with Crippen LogP contribution >= 0.6 is 11.6 Å². The molecule has 0 atom stereocenters. The molecule has 10 heteroatoms. The Bertz CT molecular complexity index is 958. The fourth-order valence-electron chi connectivity index (χ4n) is 3.32. The number of benzene rings is 1. The van der Waals surface area contributed by atoms with E-state index in [9.17, 15) is 13.2 Å². The first kappa shape index (κ1) is 18.0. The van der Waals surface area contributed by atoms with Gasteiger partial charge in [0.2, 0.25) is 0 Å². The molecule has 6 nitrogen and oxygen atoms in total. The highest BCUT2D eigenvalue weighted by atomic mass is 35.5. The quantitative estimate of drug-likeness (QED) is 0.711. The molecule has 2 heterocycles. The molecule has 2 aromatic heterocycles. The van der Waals surface area contributed by atoms with Crippen LogP contribution in [-0.4, -0.2) is 19.9 Å². The van der Waals surface area contributed by atoms with Gasteiger partial charge in [-0.05, 0) is 37.1 Å². The summed E-state index contributed by atoms with van der Waals surface area (Å²) in [6, 6.07) is 5.87. The lowest BCUT2D eigenvalue weighted by Crippen LogP contribution is -2.34. The normalized spacial score (nSPS) is 16.8.